The molecule has 1 aromatic carbocycles. The molecule has 0 N–H and O–H groups in total. The first-order chi connectivity index (χ1) is 7.69. The van der Waals surface area contributed by atoms with Gasteiger partial charge in [-0.1, -0.05) is 13.0 Å². The third-order valence-corrected chi connectivity index (χ3v) is 2.44. The summed E-state index contributed by atoms with van der Waals surface area (Å²) in [4.78, 5) is 0. The Bertz CT molecular complexity index is 492. The predicted octanol–water partition coefficient (Wildman–Crippen LogP) is 2.77. The summed E-state index contributed by atoms with van der Waals surface area (Å²) in [7, 11) is 0. The van der Waals surface area contributed by atoms with E-state index in [9.17, 15) is 8.78 Å². The van der Waals surface area contributed by atoms with Crippen molar-refractivity contribution in [1.82, 2.24) is 9.78 Å². The number of rotatable bonds is 3. The lowest BCUT2D eigenvalue weighted by molar-refractivity contribution is 0.558. The average molecular weight is 222 g/mol. The summed E-state index contributed by atoms with van der Waals surface area (Å²) in [6, 6.07) is 3.58. The van der Waals surface area contributed by atoms with Gasteiger partial charge >= 0.3 is 0 Å². The highest BCUT2D eigenvalue weighted by atomic mass is 19.1. The van der Waals surface area contributed by atoms with Crippen LogP contribution in [-0.4, -0.2) is 9.78 Å². The Morgan fingerprint density at radius 2 is 2.12 bits per heavy atom. The van der Waals surface area contributed by atoms with Gasteiger partial charge in [-0.05, 0) is 18.1 Å². The van der Waals surface area contributed by atoms with Crippen LogP contribution in [0.5, 0.6) is 0 Å². The highest BCUT2D eigenvalue weighted by Gasteiger charge is 2.05. The molecule has 2 rings (SSSR count). The number of halogens is 2. The highest BCUT2D eigenvalue weighted by Crippen LogP contribution is 2.11. The van der Waals surface area contributed by atoms with Crippen molar-refractivity contribution in [3.05, 3.63) is 53.4 Å². The van der Waals surface area contributed by atoms with E-state index in [0.29, 0.717) is 12.1 Å². The van der Waals surface area contributed by atoms with Gasteiger partial charge in [0, 0.05) is 17.8 Å². The molecule has 16 heavy (non-hydrogen) atoms. The van der Waals surface area contributed by atoms with E-state index in [2.05, 4.69) is 5.10 Å². The van der Waals surface area contributed by atoms with Gasteiger partial charge in [0.2, 0.25) is 0 Å². The third kappa shape index (κ3) is 2.27. The van der Waals surface area contributed by atoms with E-state index >= 15 is 0 Å². The minimum atomic E-state index is -0.559. The second-order valence-corrected chi connectivity index (χ2v) is 3.64. The van der Waals surface area contributed by atoms with Gasteiger partial charge in [-0.25, -0.2) is 8.78 Å². The van der Waals surface area contributed by atoms with Crippen molar-refractivity contribution in [1.29, 1.82) is 0 Å². The van der Waals surface area contributed by atoms with Crippen LogP contribution in [0.1, 0.15) is 18.1 Å². The summed E-state index contributed by atoms with van der Waals surface area (Å²) >= 11 is 0. The number of benzene rings is 1. The maximum atomic E-state index is 13.3. The van der Waals surface area contributed by atoms with Crippen molar-refractivity contribution in [2.24, 2.45) is 0 Å². The monoisotopic (exact) mass is 222 g/mol. The zero-order chi connectivity index (χ0) is 11.5. The maximum absolute atomic E-state index is 13.3. The molecule has 0 aliphatic rings. The molecule has 0 bridgehead atoms. The van der Waals surface area contributed by atoms with E-state index in [1.165, 1.54) is 12.1 Å². The lowest BCUT2D eigenvalue weighted by Gasteiger charge is -2.03. The SMILES string of the molecule is CCc1cnn(Cc2ccc(F)cc2F)c1. The maximum Gasteiger partial charge on any atom is 0.131 e. The van der Waals surface area contributed by atoms with Gasteiger partial charge in [0.1, 0.15) is 11.6 Å². The Morgan fingerprint density at radius 3 is 2.75 bits per heavy atom. The van der Waals surface area contributed by atoms with Crippen LogP contribution in [-0.2, 0) is 13.0 Å². The minimum Gasteiger partial charge on any atom is -0.268 e. The van der Waals surface area contributed by atoms with E-state index in [-0.39, 0.29) is 0 Å². The van der Waals surface area contributed by atoms with E-state index in [4.69, 9.17) is 0 Å². The minimum absolute atomic E-state index is 0.326. The molecule has 0 atom stereocenters. The molecule has 0 saturated heterocycles. The molecule has 0 radical (unpaired) electrons. The Morgan fingerprint density at radius 1 is 1.31 bits per heavy atom. The van der Waals surface area contributed by atoms with Crippen LogP contribution in [0.15, 0.2) is 30.6 Å². The molecular formula is C12H12F2N2. The Labute approximate surface area is 92.5 Å². The van der Waals surface area contributed by atoms with Crippen molar-refractivity contribution in [3.8, 4) is 0 Å². The molecule has 1 aromatic heterocycles. The molecule has 0 fully saturated rings. The van der Waals surface area contributed by atoms with Gasteiger partial charge in [-0.15, -0.1) is 0 Å². The van der Waals surface area contributed by atoms with E-state index in [0.717, 1.165) is 18.1 Å². The van der Waals surface area contributed by atoms with Crippen molar-refractivity contribution in [2.75, 3.05) is 0 Å². The normalized spacial score (nSPS) is 10.7. The van der Waals surface area contributed by atoms with Gasteiger partial charge in [-0.2, -0.15) is 5.10 Å². The average Bonchev–Trinajstić information content (AvgIpc) is 2.70. The largest absolute Gasteiger partial charge is 0.268 e. The van der Waals surface area contributed by atoms with Crippen molar-refractivity contribution >= 4 is 0 Å². The van der Waals surface area contributed by atoms with Gasteiger partial charge in [0.05, 0.1) is 12.7 Å². The van der Waals surface area contributed by atoms with E-state index < -0.39 is 11.6 Å². The molecular weight excluding hydrogens is 210 g/mol. The number of aromatic nitrogens is 2. The fourth-order valence-corrected chi connectivity index (χ4v) is 1.50. The number of hydrogen-bond donors (Lipinski definition) is 0. The summed E-state index contributed by atoms with van der Waals surface area (Å²) in [6.07, 6.45) is 4.51. The van der Waals surface area contributed by atoms with Crippen LogP contribution in [0.3, 0.4) is 0 Å². The van der Waals surface area contributed by atoms with Gasteiger partial charge < -0.3 is 0 Å². The van der Waals surface area contributed by atoms with Crippen LogP contribution in [0.25, 0.3) is 0 Å². The fourth-order valence-electron chi connectivity index (χ4n) is 1.50. The van der Waals surface area contributed by atoms with Crippen molar-refractivity contribution in [3.63, 3.8) is 0 Å². The number of hydrogen-bond acceptors (Lipinski definition) is 1. The molecule has 0 amide bonds. The highest BCUT2D eigenvalue weighted by molar-refractivity contribution is 5.19. The van der Waals surface area contributed by atoms with Gasteiger partial charge in [0.15, 0.2) is 0 Å². The molecule has 0 aliphatic carbocycles. The molecule has 0 aliphatic heterocycles. The number of aryl methyl sites for hydroxylation is 1. The van der Waals surface area contributed by atoms with Gasteiger partial charge in [-0.3, -0.25) is 4.68 Å². The molecule has 4 heteroatoms. The summed E-state index contributed by atoms with van der Waals surface area (Å²) < 4.78 is 27.7. The zero-order valence-corrected chi connectivity index (χ0v) is 8.95. The van der Waals surface area contributed by atoms with Crippen LogP contribution < -0.4 is 0 Å². The predicted molar refractivity (Wildman–Crippen MR) is 57.1 cm³/mol. The topological polar surface area (TPSA) is 17.8 Å². The molecule has 2 nitrogen and oxygen atoms in total. The van der Waals surface area contributed by atoms with Crippen molar-refractivity contribution in [2.45, 2.75) is 19.9 Å². The van der Waals surface area contributed by atoms with Crippen LogP contribution in [0.4, 0.5) is 8.78 Å². The first-order valence-electron chi connectivity index (χ1n) is 5.14. The summed E-state index contributed by atoms with van der Waals surface area (Å²) in [5, 5.41) is 4.10. The Balaban J connectivity index is 2.20. The molecule has 1 heterocycles. The Hall–Kier alpha value is -1.71. The number of nitrogens with zero attached hydrogens (tertiary/aromatic N) is 2. The van der Waals surface area contributed by atoms with Crippen LogP contribution in [0, 0.1) is 11.6 Å². The van der Waals surface area contributed by atoms with Crippen LogP contribution >= 0.6 is 0 Å². The first-order valence-corrected chi connectivity index (χ1v) is 5.14. The molecule has 0 saturated carbocycles. The molecule has 0 unspecified atom stereocenters. The lowest BCUT2D eigenvalue weighted by Crippen LogP contribution is -2.02. The fraction of sp³-hybridized carbons (Fsp3) is 0.250. The second kappa shape index (κ2) is 4.43. The third-order valence-electron chi connectivity index (χ3n) is 2.44. The first kappa shape index (κ1) is 10.8. The smallest absolute Gasteiger partial charge is 0.131 e. The summed E-state index contributed by atoms with van der Waals surface area (Å²) in [5.74, 6) is -1.09. The van der Waals surface area contributed by atoms with Crippen molar-refractivity contribution < 1.29 is 8.78 Å². The second-order valence-electron chi connectivity index (χ2n) is 3.64. The zero-order valence-electron chi connectivity index (χ0n) is 8.95. The Kier molecular flexibility index (Phi) is 2.99. The molecule has 2 aromatic rings. The van der Waals surface area contributed by atoms with E-state index in [1.807, 2.05) is 13.1 Å². The van der Waals surface area contributed by atoms with E-state index in [1.54, 1.807) is 10.9 Å². The summed E-state index contributed by atoms with van der Waals surface area (Å²) in [5.41, 5.74) is 1.54. The molecule has 0 spiro atoms. The summed E-state index contributed by atoms with van der Waals surface area (Å²) in [6.45, 7) is 2.35. The quantitative estimate of drug-likeness (QED) is 0.780. The standard InChI is InChI=1S/C12H12F2N2/c1-2-9-6-15-16(7-9)8-10-3-4-11(13)5-12(10)14/h3-7H,2,8H2,1H3. The molecule has 84 valence electrons. The van der Waals surface area contributed by atoms with Gasteiger partial charge in [0.25, 0.3) is 0 Å². The lowest BCUT2D eigenvalue weighted by atomic mass is 10.2. The van der Waals surface area contributed by atoms with Crippen LogP contribution in [0.2, 0.25) is 0 Å².